The van der Waals surface area contributed by atoms with Crippen molar-refractivity contribution in [1.82, 2.24) is 10.2 Å². The molecule has 1 fully saturated rings. The van der Waals surface area contributed by atoms with Gasteiger partial charge in [0, 0.05) is 24.6 Å². The first-order chi connectivity index (χ1) is 19.5. The van der Waals surface area contributed by atoms with Crippen LogP contribution in [0.5, 0.6) is 0 Å². The molecule has 41 heavy (non-hydrogen) atoms. The highest BCUT2D eigenvalue weighted by Crippen LogP contribution is 2.29. The zero-order valence-corrected chi connectivity index (χ0v) is 24.9. The van der Waals surface area contributed by atoms with E-state index >= 15 is 0 Å². The first-order valence-corrected chi connectivity index (χ1v) is 15.9. The van der Waals surface area contributed by atoms with Crippen molar-refractivity contribution in [3.8, 4) is 0 Å². The molecule has 3 aromatic carbocycles. The maximum absolute atomic E-state index is 14.9. The lowest BCUT2D eigenvalue weighted by Gasteiger charge is -2.34. The van der Waals surface area contributed by atoms with Gasteiger partial charge in [0.2, 0.25) is 21.8 Å². The molecule has 3 aromatic rings. The number of nitrogens with zero attached hydrogens (tertiary/aromatic N) is 2. The van der Waals surface area contributed by atoms with Crippen molar-refractivity contribution < 1.29 is 22.4 Å². The molecular formula is C30H32Cl2FN3O4S. The molecule has 218 valence electrons. The second-order valence-corrected chi connectivity index (χ2v) is 12.9. The Balaban J connectivity index is 1.74. The summed E-state index contributed by atoms with van der Waals surface area (Å²) in [5.41, 5.74) is 1.14. The van der Waals surface area contributed by atoms with E-state index < -0.39 is 34.3 Å². The van der Waals surface area contributed by atoms with Crippen molar-refractivity contribution in [3.63, 3.8) is 0 Å². The van der Waals surface area contributed by atoms with E-state index in [0.29, 0.717) is 0 Å². The van der Waals surface area contributed by atoms with Crippen LogP contribution >= 0.6 is 23.2 Å². The number of sulfonamides is 1. The molecule has 4 rings (SSSR count). The third kappa shape index (κ3) is 8.21. The lowest BCUT2D eigenvalue weighted by atomic mass is 10.0. The van der Waals surface area contributed by atoms with E-state index in [2.05, 4.69) is 5.32 Å². The molecule has 1 N–H and O–H groups in total. The molecular weight excluding hydrogens is 588 g/mol. The molecule has 1 aliphatic carbocycles. The first kappa shape index (κ1) is 30.8. The Kier molecular flexibility index (Phi) is 10.3. The molecule has 0 radical (unpaired) electrons. The second kappa shape index (κ2) is 13.7. The zero-order valence-electron chi connectivity index (χ0n) is 22.6. The summed E-state index contributed by atoms with van der Waals surface area (Å²) in [5, 5.41) is 3.42. The highest BCUT2D eigenvalue weighted by Gasteiger charge is 2.34. The standard InChI is InChI=1S/C30H32Cl2FN3O4S/c1-41(39,40)36(24-15-16-25(31)26(32)18-24)20-29(37)35(19-22-11-5-8-14-27(22)33)28(17-21-9-3-2-4-10-21)30(38)34-23-12-6-7-13-23/h2-5,8-11,14-16,18,23,28H,6-7,12-13,17,19-20H2,1H3,(H,34,38)/t28-/m1/s1. The van der Waals surface area contributed by atoms with Gasteiger partial charge in [-0.05, 0) is 42.7 Å². The Hall–Kier alpha value is -3.14. The Morgan fingerprint density at radius 2 is 1.63 bits per heavy atom. The van der Waals surface area contributed by atoms with Gasteiger partial charge in [0.15, 0.2) is 0 Å². The summed E-state index contributed by atoms with van der Waals surface area (Å²) in [6.45, 7) is -0.868. The van der Waals surface area contributed by atoms with Gasteiger partial charge in [0.1, 0.15) is 18.4 Å². The molecule has 0 unspecified atom stereocenters. The van der Waals surface area contributed by atoms with Crippen molar-refractivity contribution >= 4 is 50.7 Å². The fraction of sp³-hybridized carbons (Fsp3) is 0.333. The molecule has 0 aliphatic heterocycles. The number of anilines is 1. The molecule has 7 nitrogen and oxygen atoms in total. The van der Waals surface area contributed by atoms with Gasteiger partial charge in [-0.25, -0.2) is 12.8 Å². The van der Waals surface area contributed by atoms with Crippen LogP contribution in [0.25, 0.3) is 0 Å². The van der Waals surface area contributed by atoms with Gasteiger partial charge >= 0.3 is 0 Å². The molecule has 11 heteroatoms. The van der Waals surface area contributed by atoms with Crippen LogP contribution in [0.15, 0.2) is 72.8 Å². The minimum absolute atomic E-state index is 0.0186. The van der Waals surface area contributed by atoms with Crippen molar-refractivity contribution in [3.05, 3.63) is 99.8 Å². The molecule has 1 atom stereocenters. The average Bonchev–Trinajstić information content (AvgIpc) is 3.44. The van der Waals surface area contributed by atoms with Gasteiger partial charge in [0.05, 0.1) is 22.0 Å². The highest BCUT2D eigenvalue weighted by atomic mass is 35.5. The summed E-state index contributed by atoms with van der Waals surface area (Å²) < 4.78 is 41.5. The van der Waals surface area contributed by atoms with Crippen LogP contribution in [0, 0.1) is 5.82 Å². The van der Waals surface area contributed by atoms with Gasteiger partial charge in [0.25, 0.3) is 0 Å². The molecule has 0 spiro atoms. The topological polar surface area (TPSA) is 86.8 Å². The van der Waals surface area contributed by atoms with Crippen LogP contribution in [-0.2, 0) is 32.6 Å². The van der Waals surface area contributed by atoms with Crippen molar-refractivity contribution in [2.24, 2.45) is 0 Å². The third-order valence-corrected chi connectivity index (χ3v) is 9.02. The number of benzene rings is 3. The van der Waals surface area contributed by atoms with Crippen LogP contribution in [0.2, 0.25) is 10.0 Å². The summed E-state index contributed by atoms with van der Waals surface area (Å²) in [5.74, 6) is -1.58. The quantitative estimate of drug-likeness (QED) is 0.303. The lowest BCUT2D eigenvalue weighted by Crippen LogP contribution is -2.54. The molecule has 2 amide bonds. The minimum atomic E-state index is -3.97. The number of amides is 2. The largest absolute Gasteiger partial charge is 0.352 e. The first-order valence-electron chi connectivity index (χ1n) is 13.3. The fourth-order valence-corrected chi connectivity index (χ4v) is 6.12. The number of carbonyl (C=O) groups excluding carboxylic acids is 2. The number of rotatable bonds is 11. The summed E-state index contributed by atoms with van der Waals surface area (Å²) >= 11 is 12.2. The third-order valence-electron chi connectivity index (χ3n) is 7.14. The molecule has 0 bridgehead atoms. The van der Waals surface area contributed by atoms with E-state index in [4.69, 9.17) is 23.2 Å². The number of hydrogen-bond acceptors (Lipinski definition) is 4. The molecule has 0 saturated heterocycles. The SMILES string of the molecule is CS(=O)(=O)N(CC(=O)N(Cc1ccccc1F)[C@H](Cc1ccccc1)C(=O)NC1CCCC1)c1ccc(Cl)c(Cl)c1. The summed E-state index contributed by atoms with van der Waals surface area (Å²) in [4.78, 5) is 29.1. The maximum atomic E-state index is 14.9. The number of hydrogen-bond donors (Lipinski definition) is 1. The van der Waals surface area contributed by atoms with E-state index in [9.17, 15) is 22.4 Å². The molecule has 1 aliphatic rings. The number of halogens is 3. The Bertz CT molecular complexity index is 1480. The second-order valence-electron chi connectivity index (χ2n) is 10.2. The predicted octanol–water partition coefficient (Wildman–Crippen LogP) is 5.60. The predicted molar refractivity (Wildman–Crippen MR) is 160 cm³/mol. The van der Waals surface area contributed by atoms with E-state index in [1.807, 2.05) is 30.3 Å². The summed E-state index contributed by atoms with van der Waals surface area (Å²) in [6, 6.07) is 18.4. The Morgan fingerprint density at radius 3 is 2.27 bits per heavy atom. The van der Waals surface area contributed by atoms with Crippen LogP contribution < -0.4 is 9.62 Å². The van der Waals surface area contributed by atoms with E-state index in [1.165, 1.54) is 41.3 Å². The van der Waals surface area contributed by atoms with Crippen molar-refractivity contribution in [2.75, 3.05) is 17.1 Å². The molecule has 0 aromatic heterocycles. The van der Waals surface area contributed by atoms with Gasteiger partial charge < -0.3 is 10.2 Å². The summed E-state index contributed by atoms with van der Waals surface area (Å²) in [7, 11) is -3.97. The van der Waals surface area contributed by atoms with Gasteiger partial charge in [-0.1, -0.05) is 84.6 Å². The van der Waals surface area contributed by atoms with Crippen molar-refractivity contribution in [1.29, 1.82) is 0 Å². The van der Waals surface area contributed by atoms with Gasteiger partial charge in [-0.2, -0.15) is 0 Å². The maximum Gasteiger partial charge on any atom is 0.244 e. The monoisotopic (exact) mass is 619 g/mol. The smallest absolute Gasteiger partial charge is 0.244 e. The summed E-state index contributed by atoms with van der Waals surface area (Å²) in [6.07, 6.45) is 4.80. The van der Waals surface area contributed by atoms with Crippen LogP contribution in [-0.4, -0.2) is 50.0 Å². The van der Waals surface area contributed by atoms with Gasteiger partial charge in [-0.15, -0.1) is 0 Å². The average molecular weight is 621 g/mol. The van der Waals surface area contributed by atoms with Crippen LogP contribution in [0.1, 0.15) is 36.8 Å². The fourth-order valence-electron chi connectivity index (χ4n) is 4.99. The molecule has 1 saturated carbocycles. The Labute approximate surface area is 250 Å². The van der Waals surface area contributed by atoms with Gasteiger partial charge in [-0.3, -0.25) is 13.9 Å². The zero-order chi connectivity index (χ0) is 29.6. The van der Waals surface area contributed by atoms with E-state index in [0.717, 1.165) is 41.8 Å². The minimum Gasteiger partial charge on any atom is -0.352 e. The number of nitrogens with one attached hydrogen (secondary N) is 1. The highest BCUT2D eigenvalue weighted by molar-refractivity contribution is 7.92. The van der Waals surface area contributed by atoms with E-state index in [1.54, 1.807) is 6.07 Å². The normalized spacial score (nSPS) is 14.4. The molecule has 0 heterocycles. The lowest BCUT2D eigenvalue weighted by molar-refractivity contribution is -0.140. The Morgan fingerprint density at radius 1 is 0.976 bits per heavy atom. The number of carbonyl (C=O) groups is 2. The van der Waals surface area contributed by atoms with Crippen molar-refractivity contribution in [2.45, 2.75) is 50.7 Å². The van der Waals surface area contributed by atoms with E-state index in [-0.39, 0.29) is 46.2 Å². The van der Waals surface area contributed by atoms with Crippen LogP contribution in [0.3, 0.4) is 0 Å². The van der Waals surface area contributed by atoms with Crippen LogP contribution in [0.4, 0.5) is 10.1 Å².